The average Bonchev–Trinajstić information content (AvgIpc) is 2.70. The molecule has 0 unspecified atom stereocenters. The van der Waals surface area contributed by atoms with Crippen molar-refractivity contribution in [1.82, 2.24) is 4.90 Å². The molecule has 3 nitrogen and oxygen atoms in total. The number of carbonyl (C=O) groups is 1. The number of hydrogen-bond acceptors (Lipinski definition) is 2. The first-order valence-electron chi connectivity index (χ1n) is 10.3. The van der Waals surface area contributed by atoms with Gasteiger partial charge in [-0.2, -0.15) is 0 Å². The van der Waals surface area contributed by atoms with Gasteiger partial charge in [-0.15, -0.1) is 0 Å². The van der Waals surface area contributed by atoms with Gasteiger partial charge < -0.3 is 9.80 Å². The van der Waals surface area contributed by atoms with E-state index in [1.165, 1.54) is 16.8 Å². The molecule has 3 heteroatoms. The van der Waals surface area contributed by atoms with E-state index in [0.717, 1.165) is 45.4 Å². The predicted octanol–water partition coefficient (Wildman–Crippen LogP) is 4.69. The van der Waals surface area contributed by atoms with Gasteiger partial charge in [0.25, 0.3) is 0 Å². The zero-order chi connectivity index (χ0) is 19.1. The fourth-order valence-corrected chi connectivity index (χ4v) is 4.02. The number of aryl methyl sites for hydroxylation is 1. The van der Waals surface area contributed by atoms with Crippen molar-refractivity contribution in [3.05, 3.63) is 65.7 Å². The highest BCUT2D eigenvalue weighted by Gasteiger charge is 2.23. The molecule has 27 heavy (non-hydrogen) atoms. The fourth-order valence-electron chi connectivity index (χ4n) is 4.02. The molecule has 0 radical (unpaired) electrons. The van der Waals surface area contributed by atoms with Crippen molar-refractivity contribution in [3.8, 4) is 0 Å². The van der Waals surface area contributed by atoms with Crippen LogP contribution in [0.15, 0.2) is 54.6 Å². The first-order valence-corrected chi connectivity index (χ1v) is 10.3. The molecule has 2 aromatic rings. The van der Waals surface area contributed by atoms with Crippen molar-refractivity contribution in [2.45, 2.75) is 39.5 Å². The van der Waals surface area contributed by atoms with Gasteiger partial charge in [-0.3, -0.25) is 4.79 Å². The maximum atomic E-state index is 12.7. The Kier molecular flexibility index (Phi) is 6.92. The number of hydrogen-bond donors (Lipinski definition) is 0. The van der Waals surface area contributed by atoms with Gasteiger partial charge in [-0.05, 0) is 62.3 Å². The van der Waals surface area contributed by atoms with E-state index in [9.17, 15) is 4.79 Å². The van der Waals surface area contributed by atoms with Crippen molar-refractivity contribution in [2.24, 2.45) is 5.92 Å². The Morgan fingerprint density at radius 1 is 1.07 bits per heavy atom. The molecule has 1 saturated heterocycles. The second-order valence-electron chi connectivity index (χ2n) is 7.68. The van der Waals surface area contributed by atoms with Gasteiger partial charge in [0.1, 0.15) is 0 Å². The maximum Gasteiger partial charge on any atom is 0.224 e. The molecule has 0 N–H and O–H groups in total. The van der Waals surface area contributed by atoms with E-state index in [1.54, 1.807) is 0 Å². The molecule has 144 valence electrons. The Hall–Kier alpha value is -2.29. The molecule has 0 saturated carbocycles. The lowest BCUT2D eigenvalue weighted by molar-refractivity contribution is -0.132. The Labute approximate surface area is 164 Å². The van der Waals surface area contributed by atoms with Crippen LogP contribution in [0.5, 0.6) is 0 Å². The predicted molar refractivity (Wildman–Crippen MR) is 113 cm³/mol. The minimum atomic E-state index is 0.305. The average molecular weight is 365 g/mol. The van der Waals surface area contributed by atoms with Crippen molar-refractivity contribution in [1.29, 1.82) is 0 Å². The molecular weight excluding hydrogens is 332 g/mol. The number of rotatable bonds is 7. The molecule has 0 spiro atoms. The molecule has 1 aliphatic rings. The van der Waals surface area contributed by atoms with E-state index in [-0.39, 0.29) is 0 Å². The van der Waals surface area contributed by atoms with Gasteiger partial charge in [-0.25, -0.2) is 0 Å². The van der Waals surface area contributed by atoms with Crippen LogP contribution in [0, 0.1) is 12.8 Å². The van der Waals surface area contributed by atoms with Crippen LogP contribution >= 0.6 is 0 Å². The highest BCUT2D eigenvalue weighted by molar-refractivity contribution is 5.77. The van der Waals surface area contributed by atoms with Gasteiger partial charge >= 0.3 is 0 Å². The van der Waals surface area contributed by atoms with Crippen molar-refractivity contribution in [2.75, 3.05) is 31.1 Å². The smallest absolute Gasteiger partial charge is 0.224 e. The van der Waals surface area contributed by atoms with Crippen molar-refractivity contribution < 1.29 is 4.79 Å². The number of anilines is 1. The van der Waals surface area contributed by atoms with Crippen LogP contribution in [0.25, 0.3) is 0 Å². The van der Waals surface area contributed by atoms with Gasteiger partial charge in [-0.1, -0.05) is 42.5 Å². The standard InChI is InChI=1S/C24H32N2O/c1-3-25(23-11-7-8-20(2)18-23)17-14-24(27)26-15-12-22(13-16-26)19-21-9-5-4-6-10-21/h4-11,18,22H,3,12-17,19H2,1-2H3. The van der Waals surface area contributed by atoms with E-state index in [4.69, 9.17) is 0 Å². The van der Waals surface area contributed by atoms with E-state index >= 15 is 0 Å². The Bertz CT molecular complexity index is 720. The third kappa shape index (κ3) is 5.59. The quantitative estimate of drug-likeness (QED) is 0.711. The summed E-state index contributed by atoms with van der Waals surface area (Å²) in [5.41, 5.74) is 3.89. The molecule has 3 rings (SSSR count). The first kappa shape index (κ1) is 19.5. The highest BCUT2D eigenvalue weighted by Crippen LogP contribution is 2.22. The molecular formula is C24H32N2O. The summed E-state index contributed by atoms with van der Waals surface area (Å²) in [5, 5.41) is 0. The Morgan fingerprint density at radius 2 is 1.81 bits per heavy atom. The highest BCUT2D eigenvalue weighted by atomic mass is 16.2. The largest absolute Gasteiger partial charge is 0.371 e. The summed E-state index contributed by atoms with van der Waals surface area (Å²) in [6.45, 7) is 7.81. The van der Waals surface area contributed by atoms with E-state index in [2.05, 4.69) is 78.2 Å². The molecule has 1 heterocycles. The van der Waals surface area contributed by atoms with Crippen LogP contribution < -0.4 is 4.90 Å². The lowest BCUT2D eigenvalue weighted by Gasteiger charge is -2.33. The lowest BCUT2D eigenvalue weighted by Crippen LogP contribution is -2.40. The van der Waals surface area contributed by atoms with Crippen molar-refractivity contribution in [3.63, 3.8) is 0 Å². The molecule has 0 bridgehead atoms. The molecule has 0 aliphatic carbocycles. The summed E-state index contributed by atoms with van der Waals surface area (Å²) >= 11 is 0. The number of nitrogens with zero attached hydrogens (tertiary/aromatic N) is 2. The lowest BCUT2D eigenvalue weighted by atomic mass is 9.90. The minimum absolute atomic E-state index is 0.305. The zero-order valence-corrected chi connectivity index (χ0v) is 16.7. The van der Waals surface area contributed by atoms with Gasteiger partial charge in [0.2, 0.25) is 5.91 Å². The topological polar surface area (TPSA) is 23.6 Å². The Balaban J connectivity index is 1.45. The molecule has 2 aromatic carbocycles. The van der Waals surface area contributed by atoms with Crippen LogP contribution in [-0.4, -0.2) is 37.0 Å². The SMILES string of the molecule is CCN(CCC(=O)N1CCC(Cc2ccccc2)CC1)c1cccc(C)c1. The summed E-state index contributed by atoms with van der Waals surface area (Å²) in [4.78, 5) is 17.1. The summed E-state index contributed by atoms with van der Waals surface area (Å²) in [6, 6.07) is 19.3. The second kappa shape index (κ2) is 9.59. The molecule has 0 aromatic heterocycles. The number of likely N-dealkylation sites (tertiary alicyclic amines) is 1. The Morgan fingerprint density at radius 3 is 2.48 bits per heavy atom. The second-order valence-corrected chi connectivity index (χ2v) is 7.68. The summed E-state index contributed by atoms with van der Waals surface area (Å²) in [7, 11) is 0. The third-order valence-electron chi connectivity index (χ3n) is 5.68. The van der Waals surface area contributed by atoms with Gasteiger partial charge in [0, 0.05) is 38.3 Å². The fraction of sp³-hybridized carbons (Fsp3) is 0.458. The number of carbonyl (C=O) groups excluding carboxylic acids is 1. The van der Waals surface area contributed by atoms with Crippen molar-refractivity contribution >= 4 is 11.6 Å². The molecule has 1 amide bonds. The molecule has 1 aliphatic heterocycles. The summed E-state index contributed by atoms with van der Waals surface area (Å²) in [5.74, 6) is 1.01. The number of piperidine rings is 1. The molecule has 0 atom stereocenters. The normalized spacial score (nSPS) is 15.0. The van der Waals surface area contributed by atoms with Gasteiger partial charge in [0.15, 0.2) is 0 Å². The van der Waals surface area contributed by atoms with Crippen LogP contribution in [0.1, 0.15) is 37.3 Å². The van der Waals surface area contributed by atoms with Crippen LogP contribution in [-0.2, 0) is 11.2 Å². The summed E-state index contributed by atoms with van der Waals surface area (Å²) in [6.07, 6.45) is 3.98. The van der Waals surface area contributed by atoms with Crippen LogP contribution in [0.2, 0.25) is 0 Å². The molecule has 1 fully saturated rings. The maximum absolute atomic E-state index is 12.7. The van der Waals surface area contributed by atoms with Crippen LogP contribution in [0.4, 0.5) is 5.69 Å². The van der Waals surface area contributed by atoms with E-state index in [0.29, 0.717) is 18.2 Å². The zero-order valence-electron chi connectivity index (χ0n) is 16.7. The first-order chi connectivity index (χ1) is 13.2. The number of amides is 1. The monoisotopic (exact) mass is 364 g/mol. The van der Waals surface area contributed by atoms with E-state index < -0.39 is 0 Å². The number of benzene rings is 2. The third-order valence-corrected chi connectivity index (χ3v) is 5.68. The van der Waals surface area contributed by atoms with Crippen LogP contribution in [0.3, 0.4) is 0 Å². The van der Waals surface area contributed by atoms with E-state index in [1.807, 2.05) is 0 Å². The minimum Gasteiger partial charge on any atom is -0.371 e. The van der Waals surface area contributed by atoms with Gasteiger partial charge in [0.05, 0.1) is 0 Å². The summed E-state index contributed by atoms with van der Waals surface area (Å²) < 4.78 is 0.